The number of hydrogen-bond acceptors (Lipinski definition) is 2. The van der Waals surface area contributed by atoms with Gasteiger partial charge in [-0.15, -0.1) is 0 Å². The summed E-state index contributed by atoms with van der Waals surface area (Å²) in [5, 5.41) is 2.38. The lowest BCUT2D eigenvalue weighted by molar-refractivity contribution is 0.502. The van der Waals surface area contributed by atoms with Crippen LogP contribution < -0.4 is 5.73 Å². The van der Waals surface area contributed by atoms with Crippen molar-refractivity contribution < 1.29 is 0 Å². The largest absolute Gasteiger partial charge is 0.323 e. The highest BCUT2D eigenvalue weighted by atomic mass is 14.7. The summed E-state index contributed by atoms with van der Waals surface area (Å²) in [6.07, 6.45) is 4.83. The van der Waals surface area contributed by atoms with Crippen molar-refractivity contribution >= 4 is 10.8 Å². The van der Waals surface area contributed by atoms with Crippen LogP contribution in [0.2, 0.25) is 0 Å². The van der Waals surface area contributed by atoms with Gasteiger partial charge in [0.2, 0.25) is 0 Å². The number of nitrogens with zero attached hydrogens (tertiary/aromatic N) is 1. The summed E-state index contributed by atoms with van der Waals surface area (Å²) >= 11 is 0. The first-order valence-electron chi connectivity index (χ1n) is 7.00. The highest BCUT2D eigenvalue weighted by molar-refractivity contribution is 5.85. The molecule has 1 aliphatic carbocycles. The molecule has 0 saturated heterocycles. The first-order valence-corrected chi connectivity index (χ1v) is 7.00. The zero-order chi connectivity index (χ0) is 13.5. The molecule has 0 aliphatic heterocycles. The lowest BCUT2D eigenvalue weighted by atomic mass is 9.71. The van der Waals surface area contributed by atoms with E-state index < -0.39 is 0 Å². The van der Waals surface area contributed by atoms with Gasteiger partial charge in [0.05, 0.1) is 0 Å². The van der Waals surface area contributed by atoms with E-state index in [4.69, 9.17) is 5.73 Å². The smallest absolute Gasteiger partial charge is 0.0374 e. The highest BCUT2D eigenvalue weighted by Gasteiger charge is 2.32. The van der Waals surface area contributed by atoms with Crippen molar-refractivity contribution in [3.05, 3.63) is 77.6 Å². The van der Waals surface area contributed by atoms with E-state index >= 15 is 0 Å². The van der Waals surface area contributed by atoms with Crippen molar-refractivity contribution in [2.75, 3.05) is 0 Å². The van der Waals surface area contributed by atoms with E-state index in [0.717, 1.165) is 6.42 Å². The van der Waals surface area contributed by atoms with Gasteiger partial charge in [-0.2, -0.15) is 0 Å². The second kappa shape index (κ2) is 4.43. The van der Waals surface area contributed by atoms with Gasteiger partial charge in [0.1, 0.15) is 0 Å². The van der Waals surface area contributed by atoms with Crippen LogP contribution in [0.4, 0.5) is 0 Å². The molecular formula is C18H16N2. The van der Waals surface area contributed by atoms with Crippen LogP contribution in [0, 0.1) is 0 Å². The van der Waals surface area contributed by atoms with Crippen LogP contribution in [0.5, 0.6) is 0 Å². The molecule has 3 aromatic rings. The molecule has 0 fully saturated rings. The SMILES string of the molecule is NC(c1cccc2ccncc12)C1Cc2ccccc21. The maximum Gasteiger partial charge on any atom is 0.0374 e. The van der Waals surface area contributed by atoms with Gasteiger partial charge in [0.15, 0.2) is 0 Å². The van der Waals surface area contributed by atoms with Gasteiger partial charge in [0.25, 0.3) is 0 Å². The summed E-state index contributed by atoms with van der Waals surface area (Å²) in [4.78, 5) is 4.25. The molecule has 2 aromatic carbocycles. The number of nitrogens with two attached hydrogens (primary N) is 1. The first-order chi connectivity index (χ1) is 9.84. The van der Waals surface area contributed by atoms with Gasteiger partial charge in [-0.25, -0.2) is 0 Å². The van der Waals surface area contributed by atoms with Crippen LogP contribution in [0.15, 0.2) is 60.9 Å². The third-order valence-electron chi connectivity index (χ3n) is 4.40. The minimum Gasteiger partial charge on any atom is -0.323 e. The van der Waals surface area contributed by atoms with E-state index in [9.17, 15) is 0 Å². The summed E-state index contributed by atoms with van der Waals surface area (Å²) < 4.78 is 0. The van der Waals surface area contributed by atoms with Gasteiger partial charge in [0, 0.05) is 29.7 Å². The number of hydrogen-bond donors (Lipinski definition) is 1. The van der Waals surface area contributed by atoms with Gasteiger partial charge < -0.3 is 5.73 Å². The minimum atomic E-state index is 0.0396. The fourth-order valence-electron chi connectivity index (χ4n) is 3.26. The summed E-state index contributed by atoms with van der Waals surface area (Å²) in [5.41, 5.74) is 10.6. The van der Waals surface area contributed by atoms with Gasteiger partial charge in [-0.3, -0.25) is 4.98 Å². The number of aromatic nitrogens is 1. The Kier molecular flexibility index (Phi) is 2.57. The molecule has 0 amide bonds. The molecule has 2 atom stereocenters. The van der Waals surface area contributed by atoms with Gasteiger partial charge in [-0.05, 0) is 34.6 Å². The van der Waals surface area contributed by atoms with Crippen molar-refractivity contribution in [1.82, 2.24) is 4.98 Å². The highest BCUT2D eigenvalue weighted by Crippen LogP contribution is 2.43. The second-order valence-electron chi connectivity index (χ2n) is 5.48. The molecular weight excluding hydrogens is 244 g/mol. The molecule has 1 heterocycles. The Labute approximate surface area is 118 Å². The molecule has 1 aliphatic rings. The zero-order valence-electron chi connectivity index (χ0n) is 11.2. The Hall–Kier alpha value is -2.19. The molecule has 0 saturated carbocycles. The van der Waals surface area contributed by atoms with Crippen molar-refractivity contribution in [3.8, 4) is 0 Å². The quantitative estimate of drug-likeness (QED) is 0.765. The Morgan fingerprint density at radius 1 is 1.05 bits per heavy atom. The van der Waals surface area contributed by atoms with Crippen LogP contribution in [0.1, 0.15) is 28.7 Å². The molecule has 0 radical (unpaired) electrons. The fourth-order valence-corrected chi connectivity index (χ4v) is 3.26. The molecule has 1 aromatic heterocycles. The molecule has 2 unspecified atom stereocenters. The Morgan fingerprint density at radius 3 is 2.85 bits per heavy atom. The van der Waals surface area contributed by atoms with Crippen molar-refractivity contribution in [1.29, 1.82) is 0 Å². The number of rotatable bonds is 2. The first kappa shape index (κ1) is 11.6. The topological polar surface area (TPSA) is 38.9 Å². The average molecular weight is 260 g/mol. The third-order valence-corrected chi connectivity index (χ3v) is 4.40. The second-order valence-corrected chi connectivity index (χ2v) is 5.48. The lowest BCUT2D eigenvalue weighted by Crippen LogP contribution is -2.29. The Bertz CT molecular complexity index is 774. The third kappa shape index (κ3) is 1.65. The molecule has 2 N–H and O–H groups in total. The maximum atomic E-state index is 6.55. The van der Waals surface area contributed by atoms with E-state index in [1.54, 1.807) is 0 Å². The Balaban J connectivity index is 1.77. The fraction of sp³-hybridized carbons (Fsp3) is 0.167. The van der Waals surface area contributed by atoms with Crippen LogP contribution in [0.25, 0.3) is 10.8 Å². The number of fused-ring (bicyclic) bond motifs is 2. The van der Waals surface area contributed by atoms with Crippen molar-refractivity contribution in [2.45, 2.75) is 18.4 Å². The monoisotopic (exact) mass is 260 g/mol. The number of benzene rings is 2. The lowest BCUT2D eigenvalue weighted by Gasteiger charge is -2.35. The predicted octanol–water partition coefficient (Wildman–Crippen LogP) is 3.57. The molecule has 2 nitrogen and oxygen atoms in total. The summed E-state index contributed by atoms with van der Waals surface area (Å²) in [5.74, 6) is 0.428. The van der Waals surface area contributed by atoms with Crippen LogP contribution >= 0.6 is 0 Å². The normalized spacial score (nSPS) is 18.4. The molecule has 2 heteroatoms. The van der Waals surface area contributed by atoms with E-state index in [1.165, 1.54) is 27.5 Å². The van der Waals surface area contributed by atoms with Crippen LogP contribution in [-0.2, 0) is 6.42 Å². The number of pyridine rings is 1. The maximum absolute atomic E-state index is 6.55. The standard InChI is InChI=1S/C18H16N2/c19-18(16-10-13-4-1-2-6-14(13)16)15-7-3-5-12-8-9-20-11-17(12)15/h1-9,11,16,18H,10,19H2. The van der Waals surface area contributed by atoms with Gasteiger partial charge >= 0.3 is 0 Å². The van der Waals surface area contributed by atoms with E-state index in [-0.39, 0.29) is 6.04 Å². The van der Waals surface area contributed by atoms with E-state index in [1.807, 2.05) is 18.5 Å². The molecule has 20 heavy (non-hydrogen) atoms. The van der Waals surface area contributed by atoms with Crippen molar-refractivity contribution in [3.63, 3.8) is 0 Å². The van der Waals surface area contributed by atoms with E-state index in [2.05, 4.69) is 47.4 Å². The molecule has 98 valence electrons. The summed E-state index contributed by atoms with van der Waals surface area (Å²) in [7, 11) is 0. The summed E-state index contributed by atoms with van der Waals surface area (Å²) in [6.45, 7) is 0. The summed E-state index contributed by atoms with van der Waals surface area (Å²) in [6, 6.07) is 17.0. The molecule has 4 rings (SSSR count). The zero-order valence-corrected chi connectivity index (χ0v) is 11.2. The predicted molar refractivity (Wildman–Crippen MR) is 81.6 cm³/mol. The Morgan fingerprint density at radius 2 is 1.95 bits per heavy atom. The minimum absolute atomic E-state index is 0.0396. The van der Waals surface area contributed by atoms with Crippen molar-refractivity contribution in [2.24, 2.45) is 5.73 Å². The van der Waals surface area contributed by atoms with E-state index in [0.29, 0.717) is 5.92 Å². The average Bonchev–Trinajstić information content (AvgIpc) is 2.48. The van der Waals surface area contributed by atoms with Crippen LogP contribution in [0.3, 0.4) is 0 Å². The van der Waals surface area contributed by atoms with Crippen LogP contribution in [-0.4, -0.2) is 4.98 Å². The molecule has 0 bridgehead atoms. The van der Waals surface area contributed by atoms with Gasteiger partial charge in [-0.1, -0.05) is 42.5 Å². The molecule has 0 spiro atoms.